The molecule has 3 heterocycles. The van der Waals surface area contributed by atoms with Gasteiger partial charge in [-0.05, 0) is 57.9 Å². The number of hydrogen-bond donors (Lipinski definition) is 1. The van der Waals surface area contributed by atoms with Crippen LogP contribution in [-0.2, 0) is 4.79 Å². The third-order valence-electron chi connectivity index (χ3n) is 6.43. The first kappa shape index (κ1) is 23.0. The third kappa shape index (κ3) is 4.73. The topological polar surface area (TPSA) is 62.5 Å². The van der Waals surface area contributed by atoms with Crippen LogP contribution in [0.3, 0.4) is 0 Å². The van der Waals surface area contributed by atoms with Gasteiger partial charge in [0.25, 0.3) is 0 Å². The number of carbonyl (C=O) groups is 1. The molecule has 0 unspecified atom stereocenters. The predicted octanol–water partition coefficient (Wildman–Crippen LogP) is 5.45. The molecule has 4 aromatic rings. The highest BCUT2D eigenvalue weighted by molar-refractivity contribution is 5.92. The second-order valence-corrected chi connectivity index (χ2v) is 9.31. The first-order chi connectivity index (χ1) is 16.8. The van der Waals surface area contributed by atoms with Crippen LogP contribution in [0.4, 0.5) is 20.3 Å². The number of aromatic nitrogens is 3. The Balaban J connectivity index is 1.34. The molecule has 0 spiro atoms. The number of nitrogens with one attached hydrogen (secondary N) is 1. The normalized spacial score (nSPS) is 14.5. The van der Waals surface area contributed by atoms with Gasteiger partial charge in [-0.15, -0.1) is 0 Å². The number of aryl methyl sites for hydroxylation is 3. The van der Waals surface area contributed by atoms with Crippen molar-refractivity contribution in [3.63, 3.8) is 0 Å². The summed E-state index contributed by atoms with van der Waals surface area (Å²) in [5.74, 6) is -1.35. The predicted molar refractivity (Wildman–Crippen MR) is 133 cm³/mol. The molecule has 1 fully saturated rings. The summed E-state index contributed by atoms with van der Waals surface area (Å²) in [4.78, 5) is 19.6. The molecule has 1 amide bonds. The molecule has 0 aliphatic carbocycles. The van der Waals surface area contributed by atoms with Gasteiger partial charge in [0.15, 0.2) is 17.3 Å². The number of fused-ring (bicyclic) bond motifs is 1. The van der Waals surface area contributed by atoms with Crippen molar-refractivity contribution in [2.24, 2.45) is 5.92 Å². The smallest absolute Gasteiger partial charge is 0.227 e. The molecule has 180 valence electrons. The Morgan fingerprint density at radius 3 is 2.34 bits per heavy atom. The van der Waals surface area contributed by atoms with Gasteiger partial charge in [0, 0.05) is 54.2 Å². The number of nitrogens with zero attached hydrogens (tertiary/aromatic N) is 4. The maximum absolute atomic E-state index is 13.5. The van der Waals surface area contributed by atoms with E-state index < -0.39 is 11.6 Å². The van der Waals surface area contributed by atoms with E-state index in [-0.39, 0.29) is 17.5 Å². The average Bonchev–Trinajstić information content (AvgIpc) is 3.24. The molecule has 5 rings (SSSR count). The largest absolute Gasteiger partial charge is 0.356 e. The van der Waals surface area contributed by atoms with E-state index in [1.165, 1.54) is 17.2 Å². The van der Waals surface area contributed by atoms with Crippen LogP contribution >= 0.6 is 0 Å². The summed E-state index contributed by atoms with van der Waals surface area (Å²) >= 11 is 0. The van der Waals surface area contributed by atoms with Gasteiger partial charge in [-0.3, -0.25) is 4.79 Å². The molecule has 0 saturated carbocycles. The molecule has 2 aromatic heterocycles. The summed E-state index contributed by atoms with van der Waals surface area (Å²) in [5, 5.41) is 7.59. The van der Waals surface area contributed by atoms with Crippen molar-refractivity contribution in [1.82, 2.24) is 14.6 Å². The van der Waals surface area contributed by atoms with E-state index in [0.29, 0.717) is 25.9 Å². The standard InChI is InChI=1S/C27H27F2N5O/c1-16-10-17(2)12-20(11-16)24-15-25-30-18(3)13-26(34(25)32-24)33-8-6-19(7-9-33)27(35)31-21-4-5-22(28)23(29)14-21/h4-5,10-15,19H,6-9H2,1-3H3,(H,31,35). The summed E-state index contributed by atoms with van der Waals surface area (Å²) in [6.07, 6.45) is 1.28. The molecular formula is C27H27F2N5O. The molecule has 1 saturated heterocycles. The lowest BCUT2D eigenvalue weighted by atomic mass is 9.95. The molecule has 2 aromatic carbocycles. The van der Waals surface area contributed by atoms with E-state index in [1.807, 2.05) is 23.6 Å². The zero-order chi connectivity index (χ0) is 24.7. The molecule has 1 aliphatic heterocycles. The molecular weight excluding hydrogens is 448 g/mol. The number of amides is 1. The molecule has 0 bridgehead atoms. The van der Waals surface area contributed by atoms with Crippen LogP contribution < -0.4 is 10.2 Å². The van der Waals surface area contributed by atoms with E-state index in [4.69, 9.17) is 5.10 Å². The third-order valence-corrected chi connectivity index (χ3v) is 6.43. The van der Waals surface area contributed by atoms with Gasteiger partial charge in [-0.1, -0.05) is 17.2 Å². The Morgan fingerprint density at radius 1 is 0.943 bits per heavy atom. The van der Waals surface area contributed by atoms with Crippen LogP contribution in [-0.4, -0.2) is 33.6 Å². The minimum absolute atomic E-state index is 0.178. The van der Waals surface area contributed by atoms with Crippen molar-refractivity contribution in [3.8, 4) is 11.3 Å². The van der Waals surface area contributed by atoms with Gasteiger partial charge in [-0.25, -0.2) is 13.8 Å². The van der Waals surface area contributed by atoms with Crippen molar-refractivity contribution >= 4 is 23.1 Å². The monoisotopic (exact) mass is 475 g/mol. The maximum atomic E-state index is 13.5. The maximum Gasteiger partial charge on any atom is 0.227 e. The zero-order valence-corrected chi connectivity index (χ0v) is 20.0. The van der Waals surface area contributed by atoms with Crippen LogP contribution in [0, 0.1) is 38.3 Å². The van der Waals surface area contributed by atoms with E-state index in [9.17, 15) is 13.6 Å². The summed E-state index contributed by atoms with van der Waals surface area (Å²) in [6.45, 7) is 7.47. The van der Waals surface area contributed by atoms with Crippen LogP contribution in [0.2, 0.25) is 0 Å². The van der Waals surface area contributed by atoms with Gasteiger partial charge < -0.3 is 10.2 Å². The molecule has 35 heavy (non-hydrogen) atoms. The van der Waals surface area contributed by atoms with Gasteiger partial charge in [-0.2, -0.15) is 9.61 Å². The van der Waals surface area contributed by atoms with Crippen LogP contribution in [0.5, 0.6) is 0 Å². The van der Waals surface area contributed by atoms with E-state index in [0.717, 1.165) is 40.5 Å². The minimum Gasteiger partial charge on any atom is -0.356 e. The molecule has 8 heteroatoms. The Bertz CT molecular complexity index is 1400. The highest BCUT2D eigenvalue weighted by Gasteiger charge is 2.27. The van der Waals surface area contributed by atoms with Crippen molar-refractivity contribution in [2.75, 3.05) is 23.3 Å². The highest BCUT2D eigenvalue weighted by Crippen LogP contribution is 2.28. The lowest BCUT2D eigenvalue weighted by Gasteiger charge is -2.33. The fourth-order valence-corrected chi connectivity index (χ4v) is 4.76. The fraction of sp³-hybridized carbons (Fsp3) is 0.296. The van der Waals surface area contributed by atoms with Crippen LogP contribution in [0.15, 0.2) is 48.5 Å². The lowest BCUT2D eigenvalue weighted by molar-refractivity contribution is -0.120. The van der Waals surface area contributed by atoms with Gasteiger partial charge >= 0.3 is 0 Å². The summed E-state index contributed by atoms with van der Waals surface area (Å²) in [6, 6.07) is 13.8. The van der Waals surface area contributed by atoms with E-state index in [2.05, 4.69) is 47.2 Å². The minimum atomic E-state index is -0.978. The quantitative estimate of drug-likeness (QED) is 0.426. The highest BCUT2D eigenvalue weighted by atomic mass is 19.2. The molecule has 0 atom stereocenters. The first-order valence-corrected chi connectivity index (χ1v) is 11.7. The number of anilines is 2. The van der Waals surface area contributed by atoms with E-state index >= 15 is 0 Å². The van der Waals surface area contributed by atoms with Crippen LogP contribution in [0.25, 0.3) is 16.9 Å². The number of carbonyl (C=O) groups excluding carboxylic acids is 1. The average molecular weight is 476 g/mol. The summed E-state index contributed by atoms with van der Waals surface area (Å²) in [7, 11) is 0. The van der Waals surface area contributed by atoms with E-state index in [1.54, 1.807) is 0 Å². The Labute approximate surface area is 202 Å². The molecule has 0 radical (unpaired) electrons. The van der Waals surface area contributed by atoms with Gasteiger partial charge in [0.2, 0.25) is 5.91 Å². The Hall–Kier alpha value is -3.81. The SMILES string of the molecule is Cc1cc(C)cc(-c2cc3nc(C)cc(N4CCC(C(=O)Nc5ccc(F)c(F)c5)CC4)n3n2)c1. The van der Waals surface area contributed by atoms with Crippen molar-refractivity contribution < 1.29 is 13.6 Å². The first-order valence-electron chi connectivity index (χ1n) is 11.7. The summed E-state index contributed by atoms with van der Waals surface area (Å²) in [5.41, 5.74) is 6.25. The Kier molecular flexibility index (Phi) is 5.96. The van der Waals surface area contributed by atoms with Crippen molar-refractivity contribution in [3.05, 3.63) is 77.0 Å². The Morgan fingerprint density at radius 2 is 1.66 bits per heavy atom. The fourth-order valence-electron chi connectivity index (χ4n) is 4.76. The molecule has 1 N–H and O–H groups in total. The lowest BCUT2D eigenvalue weighted by Crippen LogP contribution is -2.39. The van der Waals surface area contributed by atoms with Crippen molar-refractivity contribution in [1.29, 1.82) is 0 Å². The van der Waals surface area contributed by atoms with Gasteiger partial charge in [0.05, 0.1) is 5.69 Å². The number of halogens is 2. The number of piperidine rings is 1. The molecule has 1 aliphatic rings. The second kappa shape index (κ2) is 9.09. The van der Waals surface area contributed by atoms with Crippen molar-refractivity contribution in [2.45, 2.75) is 33.6 Å². The second-order valence-electron chi connectivity index (χ2n) is 9.31. The number of hydrogen-bond acceptors (Lipinski definition) is 4. The number of rotatable bonds is 4. The van der Waals surface area contributed by atoms with Crippen LogP contribution in [0.1, 0.15) is 29.7 Å². The zero-order valence-electron chi connectivity index (χ0n) is 20.0. The summed E-state index contributed by atoms with van der Waals surface area (Å²) < 4.78 is 28.5. The molecule has 6 nitrogen and oxygen atoms in total. The number of benzene rings is 2. The van der Waals surface area contributed by atoms with Gasteiger partial charge in [0.1, 0.15) is 5.82 Å².